The second-order valence-corrected chi connectivity index (χ2v) is 8.11. The van der Waals surface area contributed by atoms with E-state index in [9.17, 15) is 23.5 Å². The summed E-state index contributed by atoms with van der Waals surface area (Å²) in [5.74, 6) is -1.23. The first-order valence-electron chi connectivity index (χ1n) is 11.2. The number of carbonyl (C=O) groups excluding carboxylic acids is 1. The molecule has 0 atom stereocenters. The van der Waals surface area contributed by atoms with Gasteiger partial charge in [-0.3, -0.25) is 4.79 Å². The van der Waals surface area contributed by atoms with Crippen LogP contribution in [-0.2, 0) is 10.2 Å². The van der Waals surface area contributed by atoms with Crippen LogP contribution in [-0.4, -0.2) is 28.3 Å². The smallest absolute Gasteiger partial charge is 0.478 e. The number of benzene rings is 2. The Morgan fingerprint density at radius 3 is 2.40 bits per heavy atom. The summed E-state index contributed by atoms with van der Waals surface area (Å²) >= 11 is 0. The van der Waals surface area contributed by atoms with Crippen molar-refractivity contribution in [1.82, 2.24) is 4.98 Å². The van der Waals surface area contributed by atoms with Gasteiger partial charge in [-0.25, -0.2) is 9.78 Å². The molecule has 7 nitrogen and oxygen atoms in total. The number of halogens is 2. The zero-order chi connectivity index (χ0) is 25.4. The predicted molar refractivity (Wildman–Crippen MR) is 125 cm³/mol. The summed E-state index contributed by atoms with van der Waals surface area (Å²) in [7, 11) is 0. The van der Waals surface area contributed by atoms with Crippen LogP contribution in [0.25, 0.3) is 11.3 Å². The number of aryl methyl sites for hydroxylation is 1. The van der Waals surface area contributed by atoms with E-state index >= 15 is 0 Å². The van der Waals surface area contributed by atoms with Gasteiger partial charge >= 0.3 is 12.3 Å². The molecule has 182 valence electrons. The van der Waals surface area contributed by atoms with Gasteiger partial charge in [0.2, 0.25) is 5.91 Å². The summed E-state index contributed by atoms with van der Waals surface area (Å²) in [6.07, 6.45) is -2.62. The number of aromatic carboxylic acids is 1. The molecule has 2 N–H and O–H groups in total. The van der Waals surface area contributed by atoms with Gasteiger partial charge in [-0.2, -0.15) is 0 Å². The number of carbonyl (C=O) groups is 2. The summed E-state index contributed by atoms with van der Waals surface area (Å²) in [5, 5.41) is 12.1. The molecule has 1 amide bonds. The molecule has 0 unspecified atom stereocenters. The number of fused-ring (bicyclic) bond motifs is 1. The van der Waals surface area contributed by atoms with Crippen LogP contribution < -0.4 is 14.8 Å². The number of alkyl halides is 2. The van der Waals surface area contributed by atoms with E-state index < -0.39 is 17.7 Å². The lowest BCUT2D eigenvalue weighted by Crippen LogP contribution is -2.28. The molecule has 0 radical (unpaired) electrons. The van der Waals surface area contributed by atoms with Gasteiger partial charge in [0.1, 0.15) is 5.82 Å². The number of hydrogen-bond donors (Lipinski definition) is 2. The highest BCUT2D eigenvalue weighted by atomic mass is 19.3. The van der Waals surface area contributed by atoms with Gasteiger partial charge in [0.25, 0.3) is 0 Å². The van der Waals surface area contributed by atoms with Crippen molar-refractivity contribution in [2.75, 3.05) is 5.32 Å². The largest absolute Gasteiger partial charge is 0.586 e. The maximum absolute atomic E-state index is 13.3. The molecule has 2 aromatic carbocycles. The van der Waals surface area contributed by atoms with Gasteiger partial charge in [-0.15, -0.1) is 8.78 Å². The monoisotopic (exact) mass is 482 g/mol. The van der Waals surface area contributed by atoms with Crippen LogP contribution in [0.3, 0.4) is 0 Å². The van der Waals surface area contributed by atoms with E-state index in [4.69, 9.17) is 0 Å². The predicted octanol–water partition coefficient (Wildman–Crippen LogP) is 5.77. The number of ether oxygens (including phenoxy) is 2. The van der Waals surface area contributed by atoms with Crippen LogP contribution in [0.2, 0.25) is 0 Å². The molecule has 35 heavy (non-hydrogen) atoms. The Kier molecular flexibility index (Phi) is 6.19. The van der Waals surface area contributed by atoms with E-state index in [2.05, 4.69) is 19.8 Å². The fraction of sp³-hybridized carbons (Fsp3) is 0.269. The molecule has 1 aliphatic heterocycles. The van der Waals surface area contributed by atoms with E-state index in [1.165, 1.54) is 24.3 Å². The molecule has 3 aromatic rings. The lowest BCUT2D eigenvalue weighted by molar-refractivity contribution is -0.286. The van der Waals surface area contributed by atoms with Crippen molar-refractivity contribution in [1.29, 1.82) is 0 Å². The number of hydrogen-bond acceptors (Lipinski definition) is 5. The zero-order valence-corrected chi connectivity index (χ0v) is 19.4. The Morgan fingerprint density at radius 2 is 1.71 bits per heavy atom. The van der Waals surface area contributed by atoms with Crippen LogP contribution in [0, 0.1) is 6.92 Å². The highest BCUT2D eigenvalue weighted by Gasteiger charge is 2.53. The maximum Gasteiger partial charge on any atom is 0.586 e. The molecule has 1 saturated carbocycles. The van der Waals surface area contributed by atoms with Crippen molar-refractivity contribution in [3.8, 4) is 22.8 Å². The van der Waals surface area contributed by atoms with Crippen molar-refractivity contribution in [3.05, 3.63) is 71.3 Å². The molecular formula is C26H24F2N2O5. The third-order valence-corrected chi connectivity index (χ3v) is 5.86. The van der Waals surface area contributed by atoms with Gasteiger partial charge in [0.05, 0.1) is 16.7 Å². The van der Waals surface area contributed by atoms with Gasteiger partial charge in [0, 0.05) is 5.56 Å². The van der Waals surface area contributed by atoms with Crippen LogP contribution in [0.1, 0.15) is 48.2 Å². The molecule has 2 aliphatic rings. The van der Waals surface area contributed by atoms with Crippen molar-refractivity contribution >= 4 is 17.7 Å². The second kappa shape index (κ2) is 8.98. The number of carboxylic acid groups (broad SMARTS) is 1. The number of anilines is 1. The number of aromatic nitrogens is 1. The summed E-state index contributed by atoms with van der Waals surface area (Å²) in [6, 6.07) is 14.2. The molecule has 0 saturated heterocycles. The molecule has 5 rings (SSSR count). The molecule has 1 fully saturated rings. The molecule has 0 spiro atoms. The van der Waals surface area contributed by atoms with E-state index in [0.717, 1.165) is 5.56 Å². The SMILES string of the molecule is CC.Cc1ccc(NC(=O)C2(c3ccc4c(c3)OC(F)(F)O4)CC2)nc1-c1cccc(C(=O)O)c1. The molecule has 1 aliphatic carbocycles. The minimum absolute atomic E-state index is 0.0756. The average molecular weight is 482 g/mol. The zero-order valence-electron chi connectivity index (χ0n) is 19.4. The van der Waals surface area contributed by atoms with Crippen molar-refractivity contribution in [2.45, 2.75) is 45.3 Å². The van der Waals surface area contributed by atoms with Gasteiger partial charge in [-0.05, 0) is 61.2 Å². The Hall–Kier alpha value is -4.01. The van der Waals surface area contributed by atoms with Gasteiger partial charge < -0.3 is 19.9 Å². The number of pyridine rings is 1. The van der Waals surface area contributed by atoms with E-state index in [0.29, 0.717) is 35.5 Å². The van der Waals surface area contributed by atoms with Crippen LogP contribution >= 0.6 is 0 Å². The quantitative estimate of drug-likeness (QED) is 0.479. The lowest BCUT2D eigenvalue weighted by Gasteiger charge is -2.17. The van der Waals surface area contributed by atoms with Crippen molar-refractivity contribution < 1.29 is 33.0 Å². The Bertz CT molecular complexity index is 1300. The molecule has 1 aromatic heterocycles. The van der Waals surface area contributed by atoms with Crippen molar-refractivity contribution in [3.63, 3.8) is 0 Å². The summed E-state index contributed by atoms with van der Waals surface area (Å²) in [5.41, 5.74) is 1.79. The Labute approximate surface area is 200 Å². The third-order valence-electron chi connectivity index (χ3n) is 5.86. The molecule has 2 heterocycles. The van der Waals surface area contributed by atoms with E-state index in [-0.39, 0.29) is 23.0 Å². The molecular weight excluding hydrogens is 458 g/mol. The fourth-order valence-corrected chi connectivity index (χ4v) is 3.94. The number of nitrogens with one attached hydrogen (secondary N) is 1. The summed E-state index contributed by atoms with van der Waals surface area (Å²) in [6.45, 7) is 5.84. The minimum atomic E-state index is -3.72. The number of rotatable bonds is 5. The van der Waals surface area contributed by atoms with Gasteiger partial charge in [-0.1, -0.05) is 38.1 Å². The lowest BCUT2D eigenvalue weighted by atomic mass is 9.94. The highest BCUT2D eigenvalue weighted by Crippen LogP contribution is 2.52. The minimum Gasteiger partial charge on any atom is -0.478 e. The number of nitrogens with zero attached hydrogens (tertiary/aromatic N) is 1. The van der Waals surface area contributed by atoms with Crippen LogP contribution in [0.4, 0.5) is 14.6 Å². The second-order valence-electron chi connectivity index (χ2n) is 8.11. The summed E-state index contributed by atoms with van der Waals surface area (Å²) < 4.78 is 35.6. The normalized spacial score (nSPS) is 16.0. The standard InChI is InChI=1S/C24H18F2N2O5.C2H6/c1-13-5-8-19(27-20(13)14-3-2-4-15(11-14)21(29)30)28-22(31)23(9-10-23)16-6-7-17-18(12-16)33-24(25,26)32-17;1-2/h2-8,11-12H,9-10H2,1H3,(H,29,30)(H,27,28,31);1-2H3. The van der Waals surface area contributed by atoms with E-state index in [1.807, 2.05) is 20.8 Å². The van der Waals surface area contributed by atoms with Crippen LogP contribution in [0.15, 0.2) is 54.6 Å². The van der Waals surface area contributed by atoms with Crippen LogP contribution in [0.5, 0.6) is 11.5 Å². The maximum atomic E-state index is 13.3. The van der Waals surface area contributed by atoms with Crippen molar-refractivity contribution in [2.24, 2.45) is 0 Å². The first-order chi connectivity index (χ1) is 16.7. The fourth-order valence-electron chi connectivity index (χ4n) is 3.94. The number of amides is 1. The first kappa shape index (κ1) is 24.1. The van der Waals surface area contributed by atoms with Gasteiger partial charge in [0.15, 0.2) is 11.5 Å². The third kappa shape index (κ3) is 4.66. The topological polar surface area (TPSA) is 97.8 Å². The molecule has 9 heteroatoms. The average Bonchev–Trinajstić information content (AvgIpc) is 3.58. The Morgan fingerprint density at radius 1 is 1.00 bits per heavy atom. The number of carboxylic acids is 1. The summed E-state index contributed by atoms with van der Waals surface area (Å²) in [4.78, 5) is 29.0. The van der Waals surface area contributed by atoms with E-state index in [1.54, 1.807) is 30.3 Å². The Balaban J connectivity index is 0.00000141. The molecule has 0 bridgehead atoms. The first-order valence-corrected chi connectivity index (χ1v) is 11.2. The highest BCUT2D eigenvalue weighted by molar-refractivity contribution is 6.01.